The third-order valence-electron chi connectivity index (χ3n) is 3.71. The summed E-state index contributed by atoms with van der Waals surface area (Å²) in [6, 6.07) is 28.3. The fourth-order valence-electron chi connectivity index (χ4n) is 2.59. The third-order valence-corrected chi connectivity index (χ3v) is 3.71. The molecule has 0 aliphatic heterocycles. The van der Waals surface area contributed by atoms with Gasteiger partial charge in [-0.05, 0) is 30.3 Å². The van der Waals surface area contributed by atoms with Crippen LogP contribution in [-0.4, -0.2) is 14.8 Å². The first-order chi connectivity index (χ1) is 11.4. The molecule has 2 aromatic carbocycles. The Bertz CT molecular complexity index is 841. The van der Waals surface area contributed by atoms with Crippen LogP contribution in [0.1, 0.15) is 0 Å². The van der Waals surface area contributed by atoms with E-state index < -0.39 is 0 Å². The normalized spacial score (nSPS) is 10.6. The lowest BCUT2D eigenvalue weighted by molar-refractivity contribution is 0.888. The van der Waals surface area contributed by atoms with Gasteiger partial charge in [-0.2, -0.15) is 5.10 Å². The highest BCUT2D eigenvalue weighted by Crippen LogP contribution is 2.27. The fraction of sp³-hybridized carbons (Fsp3) is 0. The van der Waals surface area contributed by atoms with Crippen molar-refractivity contribution in [2.75, 3.05) is 0 Å². The predicted octanol–water partition coefficient (Wildman–Crippen LogP) is 4.60. The van der Waals surface area contributed by atoms with E-state index in [0.717, 1.165) is 28.3 Å². The van der Waals surface area contributed by atoms with Gasteiger partial charge in [0.1, 0.15) is 0 Å². The van der Waals surface area contributed by atoms with Gasteiger partial charge in [0.2, 0.25) is 0 Å². The van der Waals surface area contributed by atoms with Crippen molar-refractivity contribution in [2.24, 2.45) is 0 Å². The molecule has 0 spiro atoms. The highest BCUT2D eigenvalue weighted by atomic mass is 15.3. The van der Waals surface area contributed by atoms with E-state index in [2.05, 4.69) is 23.2 Å². The molecule has 0 amide bonds. The van der Waals surface area contributed by atoms with Crippen LogP contribution in [0, 0.1) is 0 Å². The molecule has 0 aliphatic carbocycles. The van der Waals surface area contributed by atoms with Gasteiger partial charge in [0.25, 0.3) is 0 Å². The number of pyridine rings is 1. The lowest BCUT2D eigenvalue weighted by atomic mass is 10.1. The smallest absolute Gasteiger partial charge is 0.0934 e. The molecule has 0 radical (unpaired) electrons. The largest absolute Gasteiger partial charge is 0.255 e. The Morgan fingerprint density at radius 1 is 0.652 bits per heavy atom. The molecule has 0 atom stereocenters. The molecule has 2 aromatic heterocycles. The Balaban J connectivity index is 1.91. The average Bonchev–Trinajstić information content (AvgIpc) is 3.09. The number of nitrogens with zero attached hydrogens (tertiary/aromatic N) is 3. The minimum Gasteiger partial charge on any atom is -0.255 e. The van der Waals surface area contributed by atoms with Crippen molar-refractivity contribution in [1.82, 2.24) is 14.8 Å². The predicted molar refractivity (Wildman–Crippen MR) is 92.2 cm³/mol. The number of benzene rings is 2. The summed E-state index contributed by atoms with van der Waals surface area (Å²) in [7, 11) is 0. The molecule has 3 nitrogen and oxygen atoms in total. The van der Waals surface area contributed by atoms with Crippen LogP contribution >= 0.6 is 0 Å². The second-order valence-corrected chi connectivity index (χ2v) is 5.24. The average molecular weight is 297 g/mol. The van der Waals surface area contributed by atoms with Gasteiger partial charge in [0.15, 0.2) is 0 Å². The molecule has 0 aliphatic rings. The second-order valence-electron chi connectivity index (χ2n) is 5.24. The van der Waals surface area contributed by atoms with Gasteiger partial charge in [-0.25, -0.2) is 4.68 Å². The Morgan fingerprint density at radius 2 is 1.35 bits per heavy atom. The highest BCUT2D eigenvalue weighted by molar-refractivity contribution is 5.68. The van der Waals surface area contributed by atoms with E-state index in [1.54, 1.807) is 6.20 Å². The number of rotatable bonds is 3. The van der Waals surface area contributed by atoms with Crippen LogP contribution in [0.15, 0.2) is 91.1 Å². The quantitative estimate of drug-likeness (QED) is 0.553. The van der Waals surface area contributed by atoms with Gasteiger partial charge in [0, 0.05) is 11.8 Å². The van der Waals surface area contributed by atoms with E-state index >= 15 is 0 Å². The molecule has 4 rings (SSSR count). The van der Waals surface area contributed by atoms with E-state index in [1.807, 2.05) is 71.4 Å². The Kier molecular flexibility index (Phi) is 3.45. The minimum atomic E-state index is 0.908. The molecule has 0 N–H and O–H groups in total. The minimum absolute atomic E-state index is 0.908. The van der Waals surface area contributed by atoms with Crippen molar-refractivity contribution in [3.63, 3.8) is 0 Å². The summed E-state index contributed by atoms with van der Waals surface area (Å²) in [6.45, 7) is 0. The Hall–Kier alpha value is -3.20. The maximum absolute atomic E-state index is 4.80. The third kappa shape index (κ3) is 2.64. The Morgan fingerprint density at radius 3 is 2.04 bits per heavy atom. The number of hydrogen-bond acceptors (Lipinski definition) is 2. The van der Waals surface area contributed by atoms with Gasteiger partial charge in [-0.1, -0.05) is 54.6 Å². The fourth-order valence-corrected chi connectivity index (χ4v) is 2.59. The summed E-state index contributed by atoms with van der Waals surface area (Å²) < 4.78 is 1.95. The molecule has 110 valence electrons. The van der Waals surface area contributed by atoms with Crippen LogP contribution in [-0.2, 0) is 0 Å². The van der Waals surface area contributed by atoms with Crippen LogP contribution < -0.4 is 0 Å². The van der Waals surface area contributed by atoms with Gasteiger partial charge in [-0.15, -0.1) is 0 Å². The van der Waals surface area contributed by atoms with E-state index in [4.69, 9.17) is 5.10 Å². The molecule has 0 saturated heterocycles. The molecule has 0 bridgehead atoms. The van der Waals surface area contributed by atoms with Crippen molar-refractivity contribution in [2.45, 2.75) is 0 Å². The Labute approximate surface area is 134 Å². The maximum atomic E-state index is 4.80. The summed E-state index contributed by atoms with van der Waals surface area (Å²) in [4.78, 5) is 4.48. The van der Waals surface area contributed by atoms with Crippen LogP contribution in [0.4, 0.5) is 0 Å². The van der Waals surface area contributed by atoms with Crippen LogP contribution in [0.5, 0.6) is 0 Å². The van der Waals surface area contributed by atoms with E-state index in [0.29, 0.717) is 0 Å². The molecule has 4 aromatic rings. The summed E-state index contributed by atoms with van der Waals surface area (Å²) in [5, 5.41) is 4.80. The summed E-state index contributed by atoms with van der Waals surface area (Å²) >= 11 is 0. The van der Waals surface area contributed by atoms with Crippen molar-refractivity contribution < 1.29 is 0 Å². The molecule has 3 heteroatoms. The SMILES string of the molecule is c1ccc(-c2cc(-c3ccccn3)n(-c3ccccc3)n2)cc1. The molecular weight excluding hydrogens is 282 g/mol. The van der Waals surface area contributed by atoms with Gasteiger partial charge in [-0.3, -0.25) is 4.98 Å². The van der Waals surface area contributed by atoms with E-state index in [1.165, 1.54) is 0 Å². The molecule has 0 unspecified atom stereocenters. The maximum Gasteiger partial charge on any atom is 0.0934 e. The lowest BCUT2D eigenvalue weighted by Crippen LogP contribution is -1.99. The van der Waals surface area contributed by atoms with E-state index in [9.17, 15) is 0 Å². The van der Waals surface area contributed by atoms with Crippen LogP contribution in [0.3, 0.4) is 0 Å². The standard InChI is InChI=1S/C20H15N3/c1-3-9-16(10-4-1)19-15-20(18-13-7-8-14-21-18)23(22-19)17-11-5-2-6-12-17/h1-15H. The van der Waals surface area contributed by atoms with Crippen molar-refractivity contribution in [3.8, 4) is 28.3 Å². The van der Waals surface area contributed by atoms with Gasteiger partial charge < -0.3 is 0 Å². The van der Waals surface area contributed by atoms with Gasteiger partial charge in [0.05, 0.1) is 22.8 Å². The van der Waals surface area contributed by atoms with Crippen molar-refractivity contribution >= 4 is 0 Å². The molecule has 2 heterocycles. The highest BCUT2D eigenvalue weighted by Gasteiger charge is 2.13. The molecule has 23 heavy (non-hydrogen) atoms. The topological polar surface area (TPSA) is 30.7 Å². The zero-order chi connectivity index (χ0) is 15.5. The number of para-hydroxylation sites is 1. The summed E-state index contributed by atoms with van der Waals surface area (Å²) in [5.41, 5.74) is 4.95. The van der Waals surface area contributed by atoms with E-state index in [-0.39, 0.29) is 0 Å². The molecular formula is C20H15N3. The summed E-state index contributed by atoms with van der Waals surface area (Å²) in [6.07, 6.45) is 1.81. The first-order valence-corrected chi connectivity index (χ1v) is 7.54. The zero-order valence-electron chi connectivity index (χ0n) is 12.5. The lowest BCUT2D eigenvalue weighted by Gasteiger charge is -2.06. The van der Waals surface area contributed by atoms with Crippen LogP contribution in [0.25, 0.3) is 28.3 Å². The summed E-state index contributed by atoms with van der Waals surface area (Å²) in [5.74, 6) is 0. The second kappa shape index (κ2) is 5.89. The zero-order valence-corrected chi connectivity index (χ0v) is 12.5. The number of hydrogen-bond donors (Lipinski definition) is 0. The monoisotopic (exact) mass is 297 g/mol. The van der Waals surface area contributed by atoms with Crippen LogP contribution in [0.2, 0.25) is 0 Å². The van der Waals surface area contributed by atoms with Crippen molar-refractivity contribution in [3.05, 3.63) is 91.1 Å². The number of aromatic nitrogens is 3. The van der Waals surface area contributed by atoms with Gasteiger partial charge >= 0.3 is 0 Å². The first-order valence-electron chi connectivity index (χ1n) is 7.54. The van der Waals surface area contributed by atoms with Crippen molar-refractivity contribution in [1.29, 1.82) is 0 Å². The molecule has 0 saturated carbocycles. The first kappa shape index (κ1) is 13.5. The molecule has 0 fully saturated rings.